The first kappa shape index (κ1) is 21.6. The highest BCUT2D eigenvalue weighted by Crippen LogP contribution is 2.17. The van der Waals surface area contributed by atoms with Crippen LogP contribution in [0, 0.1) is 0 Å². The lowest BCUT2D eigenvalue weighted by Crippen LogP contribution is -2.71. The zero-order chi connectivity index (χ0) is 20.0. The Hall–Kier alpha value is -1.71. The molecule has 4 atom stereocenters. The number of ether oxygens (including phenoxy) is 2. The minimum absolute atomic E-state index is 0.00157. The molecule has 9 nitrogen and oxygen atoms in total. The van der Waals surface area contributed by atoms with Gasteiger partial charge in [-0.25, -0.2) is 4.79 Å². The fraction of sp³-hybridized carbons (Fsp3) is 0.833. The standard InChI is InChI=1S/C18H32N4O5/c1-4-5-9-22-15(19)14(16(23)20-18(22)25)21(3)17(24)12(2)27-11-13-8-6-7-10-26-13/h12-15H,4-11,19H2,1-3H3,(H,20,23,25). The third kappa shape index (κ3) is 5.40. The highest BCUT2D eigenvalue weighted by molar-refractivity contribution is 6.02. The van der Waals surface area contributed by atoms with Crippen LogP contribution >= 0.6 is 0 Å². The van der Waals surface area contributed by atoms with Crippen molar-refractivity contribution in [2.45, 2.75) is 70.4 Å². The number of carbonyl (C=O) groups is 3. The van der Waals surface area contributed by atoms with Crippen molar-refractivity contribution < 1.29 is 23.9 Å². The molecule has 2 heterocycles. The van der Waals surface area contributed by atoms with E-state index in [4.69, 9.17) is 15.2 Å². The van der Waals surface area contributed by atoms with E-state index in [1.807, 2.05) is 6.92 Å². The van der Waals surface area contributed by atoms with Crippen molar-refractivity contribution in [3.8, 4) is 0 Å². The van der Waals surface area contributed by atoms with Gasteiger partial charge in [-0.05, 0) is 32.6 Å². The van der Waals surface area contributed by atoms with Gasteiger partial charge < -0.3 is 25.0 Å². The molecule has 2 rings (SSSR count). The molecule has 0 spiro atoms. The molecule has 4 amide bonds. The maximum atomic E-state index is 12.7. The molecule has 0 aliphatic carbocycles. The number of hydrogen-bond acceptors (Lipinski definition) is 6. The van der Waals surface area contributed by atoms with E-state index in [9.17, 15) is 14.4 Å². The first-order valence-electron chi connectivity index (χ1n) is 9.73. The van der Waals surface area contributed by atoms with Crippen molar-refractivity contribution >= 4 is 17.8 Å². The van der Waals surface area contributed by atoms with Gasteiger partial charge in [0.05, 0.1) is 12.7 Å². The molecule has 3 N–H and O–H groups in total. The van der Waals surface area contributed by atoms with Gasteiger partial charge in [0, 0.05) is 20.2 Å². The Bertz CT molecular complexity index is 538. The zero-order valence-electron chi connectivity index (χ0n) is 16.5. The molecule has 0 saturated carbocycles. The average molecular weight is 384 g/mol. The molecule has 2 aliphatic heterocycles. The van der Waals surface area contributed by atoms with Gasteiger partial charge in [-0.15, -0.1) is 0 Å². The second-order valence-electron chi connectivity index (χ2n) is 7.19. The third-order valence-electron chi connectivity index (χ3n) is 5.11. The van der Waals surface area contributed by atoms with E-state index in [2.05, 4.69) is 5.32 Å². The Morgan fingerprint density at radius 2 is 2.19 bits per heavy atom. The Balaban J connectivity index is 1.95. The zero-order valence-corrected chi connectivity index (χ0v) is 16.5. The highest BCUT2D eigenvalue weighted by Gasteiger charge is 2.43. The van der Waals surface area contributed by atoms with Crippen LogP contribution in [-0.2, 0) is 19.1 Å². The normalized spacial score (nSPS) is 27.3. The maximum Gasteiger partial charge on any atom is 0.325 e. The van der Waals surface area contributed by atoms with E-state index < -0.39 is 30.2 Å². The molecule has 0 aromatic rings. The van der Waals surface area contributed by atoms with Crippen LogP contribution in [0.5, 0.6) is 0 Å². The molecular weight excluding hydrogens is 352 g/mol. The van der Waals surface area contributed by atoms with Crippen LogP contribution < -0.4 is 11.1 Å². The first-order chi connectivity index (χ1) is 12.9. The minimum atomic E-state index is -0.955. The van der Waals surface area contributed by atoms with Crippen molar-refractivity contribution in [2.24, 2.45) is 5.73 Å². The summed E-state index contributed by atoms with van der Waals surface area (Å²) in [5, 5.41) is 2.29. The second kappa shape index (κ2) is 10.0. The fourth-order valence-electron chi connectivity index (χ4n) is 3.38. The number of nitrogens with one attached hydrogen (secondary N) is 1. The lowest BCUT2D eigenvalue weighted by Gasteiger charge is -2.42. The predicted octanol–water partition coefficient (Wildman–Crippen LogP) is 0.424. The van der Waals surface area contributed by atoms with Crippen LogP contribution in [0.15, 0.2) is 0 Å². The Morgan fingerprint density at radius 1 is 1.44 bits per heavy atom. The Labute approximate surface area is 160 Å². The quantitative estimate of drug-likeness (QED) is 0.627. The molecule has 2 saturated heterocycles. The van der Waals surface area contributed by atoms with Crippen molar-refractivity contribution in [1.82, 2.24) is 15.1 Å². The van der Waals surface area contributed by atoms with E-state index in [-0.39, 0.29) is 12.0 Å². The fourth-order valence-corrected chi connectivity index (χ4v) is 3.38. The van der Waals surface area contributed by atoms with E-state index in [0.717, 1.165) is 38.7 Å². The van der Waals surface area contributed by atoms with E-state index in [1.165, 1.54) is 16.8 Å². The summed E-state index contributed by atoms with van der Waals surface area (Å²) in [5.74, 6) is -0.926. The van der Waals surface area contributed by atoms with Crippen LogP contribution in [-0.4, -0.2) is 78.9 Å². The lowest BCUT2D eigenvalue weighted by molar-refractivity contribution is -0.152. The second-order valence-corrected chi connectivity index (χ2v) is 7.19. The smallest absolute Gasteiger partial charge is 0.325 e. The van der Waals surface area contributed by atoms with Gasteiger partial charge in [0.25, 0.3) is 11.8 Å². The number of urea groups is 1. The molecule has 9 heteroatoms. The largest absolute Gasteiger partial charge is 0.376 e. The topological polar surface area (TPSA) is 114 Å². The Morgan fingerprint density at radius 3 is 2.81 bits per heavy atom. The molecule has 0 aromatic carbocycles. The number of amides is 4. The third-order valence-corrected chi connectivity index (χ3v) is 5.11. The van der Waals surface area contributed by atoms with Gasteiger partial charge >= 0.3 is 6.03 Å². The summed E-state index contributed by atoms with van der Waals surface area (Å²) in [6.45, 7) is 5.13. The van der Waals surface area contributed by atoms with Gasteiger partial charge in [0.15, 0.2) is 0 Å². The summed E-state index contributed by atoms with van der Waals surface area (Å²) in [7, 11) is 1.51. The van der Waals surface area contributed by atoms with Gasteiger partial charge in [-0.3, -0.25) is 14.9 Å². The van der Waals surface area contributed by atoms with Gasteiger partial charge in [-0.1, -0.05) is 13.3 Å². The molecule has 2 fully saturated rings. The van der Waals surface area contributed by atoms with E-state index >= 15 is 0 Å². The van der Waals surface area contributed by atoms with Crippen molar-refractivity contribution in [2.75, 3.05) is 26.8 Å². The van der Waals surface area contributed by atoms with Crippen LogP contribution in [0.2, 0.25) is 0 Å². The molecule has 0 radical (unpaired) electrons. The molecule has 2 aliphatic rings. The van der Waals surface area contributed by atoms with E-state index in [1.54, 1.807) is 6.92 Å². The Kier molecular flexibility index (Phi) is 8.00. The number of imide groups is 1. The minimum Gasteiger partial charge on any atom is -0.376 e. The molecule has 154 valence electrons. The number of nitrogens with two attached hydrogens (primary N) is 1. The van der Waals surface area contributed by atoms with Gasteiger partial charge in [-0.2, -0.15) is 0 Å². The number of hydrogen-bond donors (Lipinski definition) is 2. The van der Waals surface area contributed by atoms with Crippen LogP contribution in [0.3, 0.4) is 0 Å². The molecule has 4 unspecified atom stereocenters. The SMILES string of the molecule is CCCCN1C(=O)NC(=O)C(N(C)C(=O)C(C)OCC2CCCCO2)C1N. The maximum absolute atomic E-state index is 12.7. The van der Waals surface area contributed by atoms with Crippen molar-refractivity contribution in [1.29, 1.82) is 0 Å². The number of nitrogens with zero attached hydrogens (tertiary/aromatic N) is 2. The van der Waals surface area contributed by atoms with E-state index in [0.29, 0.717) is 13.2 Å². The summed E-state index contributed by atoms with van der Waals surface area (Å²) < 4.78 is 11.3. The molecular formula is C18H32N4O5. The molecule has 0 aromatic heterocycles. The van der Waals surface area contributed by atoms with Crippen molar-refractivity contribution in [3.63, 3.8) is 0 Å². The predicted molar refractivity (Wildman–Crippen MR) is 98.7 cm³/mol. The van der Waals surface area contributed by atoms with Crippen molar-refractivity contribution in [3.05, 3.63) is 0 Å². The number of rotatable bonds is 8. The summed E-state index contributed by atoms with van der Waals surface area (Å²) in [6, 6.07) is -1.47. The highest BCUT2D eigenvalue weighted by atomic mass is 16.5. The molecule has 0 bridgehead atoms. The number of likely N-dealkylation sites (N-methyl/N-ethyl adjacent to an activating group) is 1. The number of carbonyl (C=O) groups excluding carboxylic acids is 3. The van der Waals surface area contributed by atoms with Crippen LogP contribution in [0.25, 0.3) is 0 Å². The summed E-state index contributed by atoms with van der Waals surface area (Å²) in [5.41, 5.74) is 6.16. The first-order valence-corrected chi connectivity index (χ1v) is 9.73. The number of unbranched alkanes of at least 4 members (excludes halogenated alkanes) is 1. The van der Waals surface area contributed by atoms with Crippen LogP contribution in [0.4, 0.5) is 4.79 Å². The summed E-state index contributed by atoms with van der Waals surface area (Å²) in [4.78, 5) is 39.8. The van der Waals surface area contributed by atoms with Gasteiger partial charge in [0.2, 0.25) is 0 Å². The summed E-state index contributed by atoms with van der Waals surface area (Å²) in [6.07, 6.45) is 3.09. The van der Waals surface area contributed by atoms with Gasteiger partial charge in [0.1, 0.15) is 18.3 Å². The monoisotopic (exact) mass is 384 g/mol. The molecule has 27 heavy (non-hydrogen) atoms. The average Bonchev–Trinajstić information content (AvgIpc) is 2.65. The lowest BCUT2D eigenvalue weighted by atomic mass is 10.1. The summed E-state index contributed by atoms with van der Waals surface area (Å²) >= 11 is 0. The van der Waals surface area contributed by atoms with Crippen LogP contribution in [0.1, 0.15) is 46.0 Å².